The normalized spacial score (nSPS) is 27.1. The SMILES string of the molecule is CCCNC(CN1CCC(N2CCOCC2)C1)C(C)(C)C. The van der Waals surface area contributed by atoms with E-state index < -0.39 is 0 Å². The van der Waals surface area contributed by atoms with Crippen molar-refractivity contribution in [2.24, 2.45) is 5.41 Å². The van der Waals surface area contributed by atoms with Gasteiger partial charge in [-0.15, -0.1) is 0 Å². The van der Waals surface area contributed by atoms with Gasteiger partial charge >= 0.3 is 0 Å². The highest BCUT2D eigenvalue weighted by atomic mass is 16.5. The molecule has 0 saturated carbocycles. The quantitative estimate of drug-likeness (QED) is 0.809. The zero-order valence-corrected chi connectivity index (χ0v) is 14.5. The summed E-state index contributed by atoms with van der Waals surface area (Å²) in [6, 6.07) is 1.33. The molecule has 0 aromatic carbocycles. The summed E-state index contributed by atoms with van der Waals surface area (Å²) in [5.41, 5.74) is 0.326. The number of hydrogen-bond donors (Lipinski definition) is 1. The number of ether oxygens (including phenoxy) is 1. The van der Waals surface area contributed by atoms with Gasteiger partial charge in [0, 0.05) is 38.3 Å². The van der Waals surface area contributed by atoms with Crippen molar-refractivity contribution in [3.05, 3.63) is 0 Å². The van der Waals surface area contributed by atoms with Crippen molar-refractivity contribution >= 4 is 0 Å². The largest absolute Gasteiger partial charge is 0.379 e. The maximum absolute atomic E-state index is 5.47. The van der Waals surface area contributed by atoms with Gasteiger partial charge in [0.1, 0.15) is 0 Å². The van der Waals surface area contributed by atoms with Crippen LogP contribution >= 0.6 is 0 Å². The van der Waals surface area contributed by atoms with Crippen LogP contribution in [0.15, 0.2) is 0 Å². The van der Waals surface area contributed by atoms with Gasteiger partial charge in [-0.1, -0.05) is 27.7 Å². The smallest absolute Gasteiger partial charge is 0.0594 e. The number of morpholine rings is 1. The van der Waals surface area contributed by atoms with Gasteiger partial charge in [-0.05, 0) is 31.3 Å². The molecular formula is C17H35N3O. The van der Waals surface area contributed by atoms with E-state index in [9.17, 15) is 0 Å². The van der Waals surface area contributed by atoms with Gasteiger partial charge in [-0.2, -0.15) is 0 Å². The lowest BCUT2D eigenvalue weighted by atomic mass is 9.86. The Morgan fingerprint density at radius 1 is 1.19 bits per heavy atom. The first-order chi connectivity index (χ1) is 10.0. The van der Waals surface area contributed by atoms with Crippen LogP contribution in [0.3, 0.4) is 0 Å². The lowest BCUT2D eigenvalue weighted by molar-refractivity contribution is 0.0181. The summed E-state index contributed by atoms with van der Waals surface area (Å²) >= 11 is 0. The number of nitrogens with one attached hydrogen (secondary N) is 1. The summed E-state index contributed by atoms with van der Waals surface area (Å²) in [6.45, 7) is 18.2. The molecule has 4 heteroatoms. The molecule has 124 valence electrons. The highest BCUT2D eigenvalue weighted by Crippen LogP contribution is 2.23. The Bertz CT molecular complexity index is 297. The number of nitrogens with zero attached hydrogens (tertiary/aromatic N) is 2. The van der Waals surface area contributed by atoms with E-state index >= 15 is 0 Å². The lowest BCUT2D eigenvalue weighted by Crippen LogP contribution is -2.49. The predicted octanol–water partition coefficient (Wildman–Crippen LogP) is 1.81. The van der Waals surface area contributed by atoms with Crippen LogP contribution in [0.5, 0.6) is 0 Å². The van der Waals surface area contributed by atoms with Gasteiger partial charge in [0.15, 0.2) is 0 Å². The Kier molecular flexibility index (Phi) is 6.48. The first kappa shape index (κ1) is 17.2. The van der Waals surface area contributed by atoms with Crippen molar-refractivity contribution in [1.82, 2.24) is 15.1 Å². The minimum absolute atomic E-state index is 0.326. The molecule has 4 nitrogen and oxygen atoms in total. The molecule has 0 aromatic heterocycles. The molecule has 2 rings (SSSR count). The molecule has 0 aliphatic carbocycles. The standard InChI is InChI=1S/C17H35N3O/c1-5-7-18-16(17(2,3)4)14-19-8-6-15(13-19)20-9-11-21-12-10-20/h15-16,18H,5-14H2,1-4H3. The van der Waals surface area contributed by atoms with Crippen LogP contribution < -0.4 is 5.32 Å². The summed E-state index contributed by atoms with van der Waals surface area (Å²) < 4.78 is 5.47. The van der Waals surface area contributed by atoms with Crippen molar-refractivity contribution in [1.29, 1.82) is 0 Å². The van der Waals surface area contributed by atoms with Gasteiger partial charge in [0.2, 0.25) is 0 Å². The molecule has 21 heavy (non-hydrogen) atoms. The molecule has 2 aliphatic heterocycles. The zero-order valence-electron chi connectivity index (χ0n) is 14.5. The molecule has 2 atom stereocenters. The third-order valence-electron chi connectivity index (χ3n) is 4.94. The van der Waals surface area contributed by atoms with Crippen LogP contribution in [0.1, 0.15) is 40.5 Å². The van der Waals surface area contributed by atoms with E-state index in [1.54, 1.807) is 0 Å². The van der Waals surface area contributed by atoms with Crippen LogP contribution in [0, 0.1) is 5.41 Å². The summed E-state index contributed by atoms with van der Waals surface area (Å²) in [5.74, 6) is 0. The van der Waals surface area contributed by atoms with E-state index in [-0.39, 0.29) is 0 Å². The molecule has 2 aliphatic rings. The molecule has 0 bridgehead atoms. The zero-order chi connectivity index (χ0) is 15.3. The Morgan fingerprint density at radius 2 is 1.90 bits per heavy atom. The van der Waals surface area contributed by atoms with Crippen molar-refractivity contribution in [3.8, 4) is 0 Å². The second-order valence-electron chi connectivity index (χ2n) is 7.72. The fourth-order valence-corrected chi connectivity index (χ4v) is 3.44. The molecular weight excluding hydrogens is 262 g/mol. The number of rotatable bonds is 6. The molecule has 2 saturated heterocycles. The average Bonchev–Trinajstić information content (AvgIpc) is 2.92. The first-order valence-electron chi connectivity index (χ1n) is 8.78. The summed E-state index contributed by atoms with van der Waals surface area (Å²) in [4.78, 5) is 5.30. The highest BCUT2D eigenvalue weighted by molar-refractivity contribution is 4.89. The summed E-state index contributed by atoms with van der Waals surface area (Å²) in [7, 11) is 0. The van der Waals surface area contributed by atoms with E-state index in [2.05, 4.69) is 42.8 Å². The molecule has 1 N–H and O–H groups in total. The second-order valence-corrected chi connectivity index (χ2v) is 7.72. The van der Waals surface area contributed by atoms with E-state index in [1.807, 2.05) is 0 Å². The minimum Gasteiger partial charge on any atom is -0.379 e. The minimum atomic E-state index is 0.326. The van der Waals surface area contributed by atoms with E-state index in [0.717, 1.165) is 38.9 Å². The van der Waals surface area contributed by atoms with Crippen molar-refractivity contribution in [2.45, 2.75) is 52.6 Å². The predicted molar refractivity (Wildman–Crippen MR) is 88.8 cm³/mol. The van der Waals surface area contributed by atoms with Gasteiger partial charge in [0.25, 0.3) is 0 Å². The van der Waals surface area contributed by atoms with Crippen LogP contribution in [0.4, 0.5) is 0 Å². The second kappa shape index (κ2) is 7.91. The van der Waals surface area contributed by atoms with Crippen LogP contribution in [0.2, 0.25) is 0 Å². The molecule has 2 unspecified atom stereocenters. The Hall–Kier alpha value is -0.160. The maximum atomic E-state index is 5.47. The first-order valence-corrected chi connectivity index (χ1v) is 8.78. The monoisotopic (exact) mass is 297 g/mol. The molecule has 0 spiro atoms. The van der Waals surface area contributed by atoms with E-state index in [0.29, 0.717) is 11.5 Å². The van der Waals surface area contributed by atoms with Gasteiger partial charge in [-0.3, -0.25) is 4.90 Å². The van der Waals surface area contributed by atoms with E-state index in [4.69, 9.17) is 4.74 Å². The maximum Gasteiger partial charge on any atom is 0.0594 e. The topological polar surface area (TPSA) is 27.7 Å². The lowest BCUT2D eigenvalue weighted by Gasteiger charge is -2.36. The highest BCUT2D eigenvalue weighted by Gasteiger charge is 2.32. The number of likely N-dealkylation sites (tertiary alicyclic amines) is 1. The molecule has 0 amide bonds. The Balaban J connectivity index is 1.81. The van der Waals surface area contributed by atoms with Gasteiger partial charge in [0.05, 0.1) is 13.2 Å². The van der Waals surface area contributed by atoms with Crippen molar-refractivity contribution < 1.29 is 4.74 Å². The Labute approximate surface area is 131 Å². The van der Waals surface area contributed by atoms with Crippen molar-refractivity contribution in [3.63, 3.8) is 0 Å². The number of hydrogen-bond acceptors (Lipinski definition) is 4. The van der Waals surface area contributed by atoms with E-state index in [1.165, 1.54) is 32.5 Å². The average molecular weight is 297 g/mol. The summed E-state index contributed by atoms with van der Waals surface area (Å²) in [6.07, 6.45) is 2.54. The molecule has 0 radical (unpaired) electrons. The van der Waals surface area contributed by atoms with Crippen LogP contribution in [-0.2, 0) is 4.74 Å². The third-order valence-corrected chi connectivity index (χ3v) is 4.94. The third kappa shape index (κ3) is 5.20. The molecule has 0 aromatic rings. The van der Waals surface area contributed by atoms with Gasteiger partial charge in [-0.25, -0.2) is 0 Å². The van der Waals surface area contributed by atoms with Gasteiger partial charge < -0.3 is 15.0 Å². The van der Waals surface area contributed by atoms with Crippen LogP contribution in [-0.4, -0.2) is 74.4 Å². The fourth-order valence-electron chi connectivity index (χ4n) is 3.44. The molecule has 2 fully saturated rings. The van der Waals surface area contributed by atoms with Crippen LogP contribution in [0.25, 0.3) is 0 Å². The summed E-state index contributed by atoms with van der Waals surface area (Å²) in [5, 5.41) is 3.76. The fraction of sp³-hybridized carbons (Fsp3) is 1.00. The van der Waals surface area contributed by atoms with Crippen molar-refractivity contribution in [2.75, 3.05) is 52.5 Å². The molecule has 2 heterocycles. The Morgan fingerprint density at radius 3 is 2.52 bits per heavy atom.